The number of nitrogens with one attached hydrogen (secondary N) is 1. The number of Topliss-reactive ketones (excluding diaryl/α,β-unsaturated/α-hetero) is 1. The largest absolute Gasteiger partial charge is 0.451 e. The molecular weight excluding hydrogens is 376 g/mol. The van der Waals surface area contributed by atoms with E-state index in [1.165, 1.54) is 18.3 Å². The van der Waals surface area contributed by atoms with Crippen molar-refractivity contribution in [3.8, 4) is 11.3 Å². The van der Waals surface area contributed by atoms with Crippen molar-refractivity contribution < 1.29 is 19.1 Å². The van der Waals surface area contributed by atoms with Crippen molar-refractivity contribution in [1.29, 1.82) is 0 Å². The molecule has 2 aromatic carbocycles. The zero-order chi connectivity index (χ0) is 20.1. The minimum atomic E-state index is -0.612. The van der Waals surface area contributed by atoms with E-state index in [4.69, 9.17) is 4.74 Å². The normalized spacial score (nSPS) is 10.4. The Morgan fingerprint density at radius 2 is 1.71 bits per heavy atom. The highest BCUT2D eigenvalue weighted by molar-refractivity contribution is 7.14. The Balaban J connectivity index is 1.68. The highest BCUT2D eigenvalue weighted by Crippen LogP contribution is 2.28. The fourth-order valence-electron chi connectivity index (χ4n) is 2.64. The minimum absolute atomic E-state index is 0.166. The summed E-state index contributed by atoms with van der Waals surface area (Å²) in [5, 5.41) is 3.33. The molecule has 0 aliphatic carbocycles. The topological polar surface area (TPSA) is 85.4 Å². The lowest BCUT2D eigenvalue weighted by atomic mass is 10.1. The number of carbonyl (C=O) groups excluding carboxylic acids is 3. The Bertz CT molecular complexity index is 1030. The van der Waals surface area contributed by atoms with E-state index < -0.39 is 18.5 Å². The minimum Gasteiger partial charge on any atom is -0.451 e. The van der Waals surface area contributed by atoms with Gasteiger partial charge in [-0.3, -0.25) is 9.59 Å². The fourth-order valence-corrected chi connectivity index (χ4v) is 3.47. The zero-order valence-electron chi connectivity index (χ0n) is 15.4. The molecular formula is C21H18N2O4S. The number of nitrogens with zero attached hydrogens (tertiary/aromatic N) is 1. The summed E-state index contributed by atoms with van der Waals surface area (Å²) in [6, 6.07) is 16.0. The predicted molar refractivity (Wildman–Crippen MR) is 108 cm³/mol. The summed E-state index contributed by atoms with van der Waals surface area (Å²) >= 11 is 1.22. The summed E-state index contributed by atoms with van der Waals surface area (Å²) in [5.41, 5.74) is 2.12. The maximum atomic E-state index is 12.5. The summed E-state index contributed by atoms with van der Waals surface area (Å²) in [6.07, 6.45) is 0. The third-order valence-corrected chi connectivity index (χ3v) is 4.83. The lowest BCUT2D eigenvalue weighted by Crippen LogP contribution is -2.21. The molecule has 3 rings (SSSR count). The van der Waals surface area contributed by atoms with Crippen LogP contribution in [-0.2, 0) is 9.53 Å². The van der Waals surface area contributed by atoms with E-state index in [1.807, 2.05) is 30.3 Å². The molecule has 0 aliphatic rings. The van der Waals surface area contributed by atoms with Gasteiger partial charge >= 0.3 is 5.97 Å². The number of benzene rings is 2. The van der Waals surface area contributed by atoms with Gasteiger partial charge in [0, 0.05) is 11.1 Å². The molecule has 0 aliphatic heterocycles. The lowest BCUT2D eigenvalue weighted by Gasteiger charge is -2.09. The molecule has 0 unspecified atom stereocenters. The van der Waals surface area contributed by atoms with Crippen LogP contribution < -0.4 is 5.32 Å². The average molecular weight is 394 g/mol. The number of hydrogen-bond acceptors (Lipinski definition) is 6. The van der Waals surface area contributed by atoms with Gasteiger partial charge in [0.2, 0.25) is 0 Å². The highest BCUT2D eigenvalue weighted by Gasteiger charge is 2.20. The van der Waals surface area contributed by atoms with E-state index in [0.29, 0.717) is 21.8 Å². The SMILES string of the molecule is CC(=O)c1ccccc1NC(=O)COC(=O)c1sc(C)nc1-c1ccccc1. The second kappa shape index (κ2) is 8.58. The number of esters is 1. The van der Waals surface area contributed by atoms with Gasteiger partial charge in [-0.25, -0.2) is 9.78 Å². The number of carbonyl (C=O) groups is 3. The van der Waals surface area contributed by atoms with Crippen LogP contribution in [0.5, 0.6) is 0 Å². The number of para-hydroxylation sites is 1. The van der Waals surface area contributed by atoms with Gasteiger partial charge in [0.25, 0.3) is 5.91 Å². The van der Waals surface area contributed by atoms with Gasteiger partial charge in [-0.2, -0.15) is 0 Å². The van der Waals surface area contributed by atoms with Crippen molar-refractivity contribution in [2.24, 2.45) is 0 Å². The number of anilines is 1. The number of amides is 1. The second-order valence-corrected chi connectivity index (χ2v) is 7.21. The molecule has 6 nitrogen and oxygen atoms in total. The first kappa shape index (κ1) is 19.4. The molecule has 1 N–H and O–H groups in total. The zero-order valence-corrected chi connectivity index (χ0v) is 16.2. The van der Waals surface area contributed by atoms with Crippen LogP contribution in [0.3, 0.4) is 0 Å². The molecule has 1 amide bonds. The van der Waals surface area contributed by atoms with Gasteiger partial charge in [-0.05, 0) is 26.0 Å². The third-order valence-electron chi connectivity index (χ3n) is 3.88. The molecule has 0 spiro atoms. The standard InChI is InChI=1S/C21H18N2O4S/c1-13(24)16-10-6-7-11-17(16)23-18(25)12-27-21(26)20-19(22-14(2)28-20)15-8-4-3-5-9-15/h3-11H,12H2,1-2H3,(H,23,25). The van der Waals surface area contributed by atoms with Crippen molar-refractivity contribution in [3.05, 3.63) is 70.0 Å². The molecule has 1 heterocycles. The number of aryl methyl sites for hydroxylation is 1. The van der Waals surface area contributed by atoms with Crippen LogP contribution in [0, 0.1) is 6.92 Å². The van der Waals surface area contributed by atoms with Gasteiger partial charge in [-0.15, -0.1) is 11.3 Å². The number of thiazole rings is 1. The van der Waals surface area contributed by atoms with Crippen molar-refractivity contribution in [2.75, 3.05) is 11.9 Å². The molecule has 0 fully saturated rings. The van der Waals surface area contributed by atoms with E-state index in [2.05, 4.69) is 10.3 Å². The van der Waals surface area contributed by atoms with E-state index in [0.717, 1.165) is 10.6 Å². The maximum Gasteiger partial charge on any atom is 0.351 e. The first-order valence-electron chi connectivity index (χ1n) is 8.55. The molecule has 3 aromatic rings. The number of ketones is 1. The number of ether oxygens (including phenoxy) is 1. The Morgan fingerprint density at radius 1 is 1.04 bits per heavy atom. The van der Waals surface area contributed by atoms with E-state index in [9.17, 15) is 14.4 Å². The molecule has 0 radical (unpaired) electrons. The first-order chi connectivity index (χ1) is 13.5. The Labute approximate surface area is 166 Å². The number of hydrogen-bond donors (Lipinski definition) is 1. The number of aromatic nitrogens is 1. The van der Waals surface area contributed by atoms with Gasteiger partial charge in [0.1, 0.15) is 4.88 Å². The molecule has 1 aromatic heterocycles. The van der Waals surface area contributed by atoms with Crippen LogP contribution in [0.15, 0.2) is 54.6 Å². The van der Waals surface area contributed by atoms with Gasteiger partial charge in [-0.1, -0.05) is 42.5 Å². The van der Waals surface area contributed by atoms with Crippen LogP contribution >= 0.6 is 11.3 Å². The Hall–Kier alpha value is -3.32. The summed E-state index contributed by atoms with van der Waals surface area (Å²) < 4.78 is 5.17. The van der Waals surface area contributed by atoms with Crippen LogP contribution in [0.2, 0.25) is 0 Å². The molecule has 0 bridgehead atoms. The van der Waals surface area contributed by atoms with Crippen molar-refractivity contribution >= 4 is 34.7 Å². The Kier molecular flexibility index (Phi) is 5.96. The van der Waals surface area contributed by atoms with E-state index >= 15 is 0 Å². The summed E-state index contributed by atoms with van der Waals surface area (Å²) in [6.45, 7) is 2.76. The summed E-state index contributed by atoms with van der Waals surface area (Å²) in [5.74, 6) is -1.30. The monoisotopic (exact) mass is 394 g/mol. The second-order valence-electron chi connectivity index (χ2n) is 6.00. The summed E-state index contributed by atoms with van der Waals surface area (Å²) in [7, 11) is 0. The van der Waals surface area contributed by atoms with Crippen LogP contribution in [-0.4, -0.2) is 29.3 Å². The van der Waals surface area contributed by atoms with E-state index in [-0.39, 0.29) is 5.78 Å². The van der Waals surface area contributed by atoms with Crippen LogP contribution in [0.25, 0.3) is 11.3 Å². The van der Waals surface area contributed by atoms with Gasteiger partial charge in [0.15, 0.2) is 12.4 Å². The lowest BCUT2D eigenvalue weighted by molar-refractivity contribution is -0.119. The van der Waals surface area contributed by atoms with Crippen molar-refractivity contribution in [2.45, 2.75) is 13.8 Å². The first-order valence-corrected chi connectivity index (χ1v) is 9.37. The molecule has 0 saturated heterocycles. The molecule has 28 heavy (non-hydrogen) atoms. The molecule has 0 atom stereocenters. The maximum absolute atomic E-state index is 12.5. The highest BCUT2D eigenvalue weighted by atomic mass is 32.1. The predicted octanol–water partition coefficient (Wildman–Crippen LogP) is 4.12. The molecule has 142 valence electrons. The molecule has 7 heteroatoms. The van der Waals surface area contributed by atoms with Gasteiger partial charge < -0.3 is 10.1 Å². The summed E-state index contributed by atoms with van der Waals surface area (Å²) in [4.78, 5) is 41.1. The fraction of sp³-hybridized carbons (Fsp3) is 0.143. The number of rotatable bonds is 6. The third kappa shape index (κ3) is 4.50. The smallest absolute Gasteiger partial charge is 0.351 e. The average Bonchev–Trinajstić information content (AvgIpc) is 3.09. The molecule has 0 saturated carbocycles. The Morgan fingerprint density at radius 3 is 2.43 bits per heavy atom. The van der Waals surface area contributed by atoms with E-state index in [1.54, 1.807) is 31.2 Å². The quantitative estimate of drug-likeness (QED) is 0.502. The van der Waals surface area contributed by atoms with Crippen molar-refractivity contribution in [1.82, 2.24) is 4.98 Å². The van der Waals surface area contributed by atoms with Gasteiger partial charge in [0.05, 0.1) is 16.4 Å². The van der Waals surface area contributed by atoms with Crippen LogP contribution in [0.4, 0.5) is 5.69 Å². The van der Waals surface area contributed by atoms with Crippen molar-refractivity contribution in [3.63, 3.8) is 0 Å². The van der Waals surface area contributed by atoms with Crippen LogP contribution in [0.1, 0.15) is 32.0 Å².